The predicted octanol–water partition coefficient (Wildman–Crippen LogP) is 1.30. The Balaban J connectivity index is 1.39. The van der Waals surface area contributed by atoms with E-state index in [2.05, 4.69) is 22.0 Å². The summed E-state index contributed by atoms with van der Waals surface area (Å²) in [5, 5.41) is 3.79. The maximum atomic E-state index is 3.79. The molecule has 4 aliphatic heterocycles. The van der Waals surface area contributed by atoms with E-state index in [0.29, 0.717) is 0 Å². The van der Waals surface area contributed by atoms with Crippen LogP contribution in [0.1, 0.15) is 39.0 Å². The lowest BCUT2D eigenvalue weighted by Crippen LogP contribution is -2.56. The van der Waals surface area contributed by atoms with Crippen LogP contribution in [0.15, 0.2) is 0 Å². The van der Waals surface area contributed by atoms with Crippen LogP contribution in [0.4, 0.5) is 0 Å². The number of fused-ring (bicyclic) bond motifs is 3. The second-order valence-electron chi connectivity index (χ2n) is 7.14. The molecule has 0 aromatic heterocycles. The van der Waals surface area contributed by atoms with Gasteiger partial charge in [-0.3, -0.25) is 9.80 Å². The topological polar surface area (TPSA) is 18.5 Å². The summed E-state index contributed by atoms with van der Waals surface area (Å²) in [5.41, 5.74) is 0. The van der Waals surface area contributed by atoms with Gasteiger partial charge >= 0.3 is 0 Å². The van der Waals surface area contributed by atoms with Gasteiger partial charge < -0.3 is 5.32 Å². The van der Waals surface area contributed by atoms with Gasteiger partial charge in [-0.2, -0.15) is 0 Å². The van der Waals surface area contributed by atoms with E-state index in [1.807, 2.05) is 0 Å². The van der Waals surface area contributed by atoms with Crippen LogP contribution in [-0.2, 0) is 0 Å². The Morgan fingerprint density at radius 3 is 2.89 bits per heavy atom. The summed E-state index contributed by atoms with van der Waals surface area (Å²) in [5.74, 6) is 0.944. The highest BCUT2D eigenvalue weighted by Gasteiger charge is 2.42. The minimum Gasteiger partial charge on any atom is -0.311 e. The summed E-state index contributed by atoms with van der Waals surface area (Å²) >= 11 is 0. The van der Waals surface area contributed by atoms with Gasteiger partial charge in [-0.25, -0.2) is 0 Å². The molecule has 0 aromatic carbocycles. The van der Waals surface area contributed by atoms with E-state index in [9.17, 15) is 0 Å². The van der Waals surface area contributed by atoms with Crippen molar-refractivity contribution in [2.24, 2.45) is 5.92 Å². The van der Waals surface area contributed by atoms with Crippen molar-refractivity contribution in [1.82, 2.24) is 15.1 Å². The second kappa shape index (κ2) is 4.46. The van der Waals surface area contributed by atoms with Crippen molar-refractivity contribution in [1.29, 1.82) is 0 Å². The van der Waals surface area contributed by atoms with Gasteiger partial charge in [0.2, 0.25) is 0 Å². The molecule has 3 nitrogen and oxygen atoms in total. The molecule has 18 heavy (non-hydrogen) atoms. The molecule has 4 fully saturated rings. The van der Waals surface area contributed by atoms with Crippen molar-refractivity contribution in [3.63, 3.8) is 0 Å². The van der Waals surface area contributed by atoms with E-state index in [4.69, 9.17) is 0 Å². The normalized spacial score (nSPS) is 48.8. The molecule has 5 atom stereocenters. The smallest absolute Gasteiger partial charge is 0.0224 e. The van der Waals surface area contributed by atoms with Crippen LogP contribution in [0.25, 0.3) is 0 Å². The zero-order valence-corrected chi connectivity index (χ0v) is 11.6. The summed E-state index contributed by atoms with van der Waals surface area (Å²) in [6.07, 6.45) is 7.20. The summed E-state index contributed by atoms with van der Waals surface area (Å²) in [4.78, 5) is 5.54. The third kappa shape index (κ3) is 1.91. The van der Waals surface area contributed by atoms with Gasteiger partial charge in [0, 0.05) is 43.8 Å². The van der Waals surface area contributed by atoms with E-state index in [1.54, 1.807) is 0 Å². The summed E-state index contributed by atoms with van der Waals surface area (Å²) in [7, 11) is 0. The number of piperazine rings is 1. The van der Waals surface area contributed by atoms with Gasteiger partial charge in [0.1, 0.15) is 0 Å². The van der Waals surface area contributed by atoms with Gasteiger partial charge in [0.15, 0.2) is 0 Å². The molecule has 3 heteroatoms. The lowest BCUT2D eigenvalue weighted by molar-refractivity contribution is 0.0451. The zero-order valence-electron chi connectivity index (χ0n) is 11.6. The fourth-order valence-electron chi connectivity index (χ4n) is 4.94. The van der Waals surface area contributed by atoms with Crippen LogP contribution in [0, 0.1) is 5.92 Å². The lowest BCUT2D eigenvalue weighted by atomic mass is 9.88. The average Bonchev–Trinajstić information content (AvgIpc) is 3.04. The monoisotopic (exact) mass is 249 g/mol. The van der Waals surface area contributed by atoms with E-state index in [0.717, 1.165) is 30.1 Å². The Kier molecular flexibility index (Phi) is 2.90. The van der Waals surface area contributed by atoms with Gasteiger partial charge in [-0.15, -0.1) is 0 Å². The van der Waals surface area contributed by atoms with Crippen LogP contribution < -0.4 is 5.32 Å². The molecule has 4 heterocycles. The van der Waals surface area contributed by atoms with E-state index in [-0.39, 0.29) is 0 Å². The SMILES string of the molecule is CC1CN2CCCC2CN1CC1CC2CCC1N2. The summed E-state index contributed by atoms with van der Waals surface area (Å²) in [6, 6.07) is 3.37. The van der Waals surface area contributed by atoms with Crippen molar-refractivity contribution in [2.45, 2.75) is 63.2 Å². The van der Waals surface area contributed by atoms with Gasteiger partial charge in [0.25, 0.3) is 0 Å². The highest BCUT2D eigenvalue weighted by Crippen LogP contribution is 2.35. The Morgan fingerprint density at radius 1 is 1.17 bits per heavy atom. The second-order valence-corrected chi connectivity index (χ2v) is 7.14. The van der Waals surface area contributed by atoms with Crippen molar-refractivity contribution >= 4 is 0 Å². The molecule has 4 saturated heterocycles. The molecule has 0 amide bonds. The van der Waals surface area contributed by atoms with Crippen LogP contribution in [-0.4, -0.2) is 60.1 Å². The first kappa shape index (κ1) is 11.7. The fraction of sp³-hybridized carbons (Fsp3) is 1.00. The summed E-state index contributed by atoms with van der Waals surface area (Å²) in [6.45, 7) is 7.82. The first-order valence-corrected chi connectivity index (χ1v) is 8.04. The molecule has 5 unspecified atom stereocenters. The van der Waals surface area contributed by atoms with Crippen LogP contribution in [0.5, 0.6) is 0 Å². The first-order valence-electron chi connectivity index (χ1n) is 8.04. The Morgan fingerprint density at radius 2 is 2.11 bits per heavy atom. The zero-order chi connectivity index (χ0) is 12.1. The number of nitrogens with one attached hydrogen (secondary N) is 1. The minimum absolute atomic E-state index is 0.776. The number of hydrogen-bond acceptors (Lipinski definition) is 3. The van der Waals surface area contributed by atoms with E-state index in [1.165, 1.54) is 58.3 Å². The van der Waals surface area contributed by atoms with E-state index < -0.39 is 0 Å². The predicted molar refractivity (Wildman–Crippen MR) is 73.7 cm³/mol. The fourth-order valence-corrected chi connectivity index (χ4v) is 4.94. The Hall–Kier alpha value is -0.120. The Bertz CT molecular complexity index is 319. The molecule has 1 N–H and O–H groups in total. The minimum atomic E-state index is 0.776. The quantitative estimate of drug-likeness (QED) is 0.796. The number of hydrogen-bond donors (Lipinski definition) is 1. The van der Waals surface area contributed by atoms with Crippen molar-refractivity contribution in [3.8, 4) is 0 Å². The van der Waals surface area contributed by atoms with E-state index >= 15 is 0 Å². The molecule has 0 radical (unpaired) electrons. The molecule has 0 aliphatic carbocycles. The Labute approximate surface area is 111 Å². The summed E-state index contributed by atoms with van der Waals surface area (Å²) < 4.78 is 0. The number of rotatable bonds is 2. The molecule has 4 rings (SSSR count). The third-order valence-corrected chi connectivity index (χ3v) is 5.97. The molecule has 0 saturated carbocycles. The average molecular weight is 249 g/mol. The highest BCUT2D eigenvalue weighted by atomic mass is 15.3. The third-order valence-electron chi connectivity index (χ3n) is 5.97. The maximum absolute atomic E-state index is 3.79. The lowest BCUT2D eigenvalue weighted by Gasteiger charge is -2.44. The molecule has 0 aromatic rings. The molecule has 2 bridgehead atoms. The maximum Gasteiger partial charge on any atom is 0.0224 e. The van der Waals surface area contributed by atoms with Crippen LogP contribution in [0.3, 0.4) is 0 Å². The molecular formula is C15H27N3. The van der Waals surface area contributed by atoms with Gasteiger partial charge in [-0.05, 0) is 51.5 Å². The van der Waals surface area contributed by atoms with Crippen molar-refractivity contribution in [2.75, 3.05) is 26.2 Å². The molecule has 0 spiro atoms. The van der Waals surface area contributed by atoms with Gasteiger partial charge in [0.05, 0.1) is 0 Å². The molecule has 4 aliphatic rings. The highest BCUT2D eigenvalue weighted by molar-refractivity contribution is 5.00. The molecule has 102 valence electrons. The van der Waals surface area contributed by atoms with Crippen LogP contribution >= 0.6 is 0 Å². The van der Waals surface area contributed by atoms with Crippen molar-refractivity contribution < 1.29 is 0 Å². The first-order chi connectivity index (χ1) is 8.79. The number of nitrogens with zero attached hydrogens (tertiary/aromatic N) is 2. The van der Waals surface area contributed by atoms with Crippen molar-refractivity contribution in [3.05, 3.63) is 0 Å². The van der Waals surface area contributed by atoms with Crippen LogP contribution in [0.2, 0.25) is 0 Å². The largest absolute Gasteiger partial charge is 0.311 e. The van der Waals surface area contributed by atoms with Gasteiger partial charge in [-0.1, -0.05) is 0 Å². The molecular weight excluding hydrogens is 222 g/mol. The standard InChI is InChI=1S/C15H27N3/c1-11-8-17-6-2-3-14(17)10-18(11)9-12-7-13-4-5-15(12)16-13/h11-16H,2-10H2,1H3.